The van der Waals surface area contributed by atoms with E-state index in [1.54, 1.807) is 7.11 Å². The summed E-state index contributed by atoms with van der Waals surface area (Å²) in [5.41, 5.74) is 2.23. The lowest BCUT2D eigenvalue weighted by atomic mass is 10.0. The molecule has 1 aliphatic carbocycles. The molecule has 28 heavy (non-hydrogen) atoms. The third-order valence-electron chi connectivity index (χ3n) is 5.57. The summed E-state index contributed by atoms with van der Waals surface area (Å²) >= 11 is 0. The smallest absolute Gasteiger partial charge is 0.239 e. The van der Waals surface area contributed by atoms with Gasteiger partial charge in [-0.3, -0.25) is 4.79 Å². The lowest BCUT2D eigenvalue weighted by molar-refractivity contribution is -0.121. The number of nitrogens with one attached hydrogen (secondary N) is 1. The largest absolute Gasteiger partial charge is 0.493 e. The van der Waals surface area contributed by atoms with Gasteiger partial charge in [0.05, 0.1) is 25.8 Å². The van der Waals surface area contributed by atoms with Gasteiger partial charge in [0.2, 0.25) is 5.91 Å². The van der Waals surface area contributed by atoms with Gasteiger partial charge < -0.3 is 19.7 Å². The second-order valence-electron chi connectivity index (χ2n) is 7.69. The second-order valence-corrected chi connectivity index (χ2v) is 7.69. The number of nitrogens with zero attached hydrogens (tertiary/aromatic N) is 1. The third kappa shape index (κ3) is 4.41. The number of hydrogen-bond donors (Lipinski definition) is 1. The van der Waals surface area contributed by atoms with Gasteiger partial charge in [-0.25, -0.2) is 0 Å². The van der Waals surface area contributed by atoms with Gasteiger partial charge >= 0.3 is 0 Å². The molecule has 0 radical (unpaired) electrons. The number of amides is 1. The maximum absolute atomic E-state index is 12.3. The van der Waals surface area contributed by atoms with Crippen molar-refractivity contribution in [3.05, 3.63) is 54.1 Å². The lowest BCUT2D eigenvalue weighted by Gasteiger charge is -2.35. The Morgan fingerprint density at radius 2 is 1.86 bits per heavy atom. The Labute approximate surface area is 166 Å². The number of ether oxygens (including phenoxy) is 2. The fourth-order valence-corrected chi connectivity index (χ4v) is 4.17. The van der Waals surface area contributed by atoms with Gasteiger partial charge in [-0.1, -0.05) is 30.3 Å². The molecule has 0 bridgehead atoms. The molecule has 2 aromatic carbocycles. The standard InChI is InChI=1S/C23H28N2O3/c1-27-21-12-11-19(14-22(21)28-20-9-5-6-10-20)25-15-18(24-23(26)16-25)13-17-7-3-2-4-8-17/h2-4,7-8,11-12,14,18,20H,5-6,9-10,13,15-16H2,1H3,(H,24,26)/t18-/m0/s1. The number of anilines is 1. The van der Waals surface area contributed by atoms with Crippen LogP contribution in [0.4, 0.5) is 5.69 Å². The summed E-state index contributed by atoms with van der Waals surface area (Å²) < 4.78 is 11.7. The molecule has 0 spiro atoms. The molecule has 148 valence electrons. The van der Waals surface area contributed by atoms with Crippen LogP contribution in [-0.4, -0.2) is 38.3 Å². The Bertz CT molecular complexity index is 803. The van der Waals surface area contributed by atoms with Crippen LogP contribution < -0.4 is 19.7 Å². The van der Waals surface area contributed by atoms with Gasteiger partial charge in [-0.05, 0) is 49.8 Å². The summed E-state index contributed by atoms with van der Waals surface area (Å²) in [6.45, 7) is 1.14. The molecular formula is C23H28N2O3. The first kappa shape index (κ1) is 18.7. The SMILES string of the molecule is COc1ccc(N2CC(=O)N[C@@H](Cc3ccccc3)C2)cc1OC1CCCC1. The monoisotopic (exact) mass is 380 g/mol. The van der Waals surface area contributed by atoms with Crippen LogP contribution in [0.3, 0.4) is 0 Å². The molecule has 5 heteroatoms. The van der Waals surface area contributed by atoms with Crippen LogP contribution in [-0.2, 0) is 11.2 Å². The maximum atomic E-state index is 12.3. The Balaban J connectivity index is 1.50. The van der Waals surface area contributed by atoms with Crippen LogP contribution in [0, 0.1) is 0 Å². The fraction of sp³-hybridized carbons (Fsp3) is 0.435. The Hall–Kier alpha value is -2.69. The molecule has 0 aromatic heterocycles. The van der Waals surface area contributed by atoms with E-state index in [1.165, 1.54) is 18.4 Å². The molecule has 1 amide bonds. The Kier molecular flexibility index (Phi) is 5.70. The molecule has 2 aromatic rings. The molecule has 0 unspecified atom stereocenters. The summed E-state index contributed by atoms with van der Waals surface area (Å²) in [7, 11) is 1.67. The quantitative estimate of drug-likeness (QED) is 0.833. The molecule has 1 saturated heterocycles. The van der Waals surface area contributed by atoms with Gasteiger partial charge in [-0.2, -0.15) is 0 Å². The summed E-state index contributed by atoms with van der Waals surface area (Å²) in [5.74, 6) is 1.58. The van der Waals surface area contributed by atoms with Crippen molar-refractivity contribution in [3.8, 4) is 11.5 Å². The minimum atomic E-state index is 0.0567. The summed E-state index contributed by atoms with van der Waals surface area (Å²) in [4.78, 5) is 14.5. The van der Waals surface area contributed by atoms with E-state index in [9.17, 15) is 4.79 Å². The third-order valence-corrected chi connectivity index (χ3v) is 5.57. The molecule has 2 aliphatic rings. The van der Waals surface area contributed by atoms with Crippen molar-refractivity contribution < 1.29 is 14.3 Å². The first-order chi connectivity index (χ1) is 13.7. The average Bonchev–Trinajstić information content (AvgIpc) is 3.21. The highest BCUT2D eigenvalue weighted by Gasteiger charge is 2.26. The molecule has 1 atom stereocenters. The van der Waals surface area contributed by atoms with Crippen LogP contribution in [0.2, 0.25) is 0 Å². The van der Waals surface area contributed by atoms with Crippen LogP contribution >= 0.6 is 0 Å². The van der Waals surface area contributed by atoms with E-state index in [0.29, 0.717) is 6.54 Å². The van der Waals surface area contributed by atoms with E-state index in [4.69, 9.17) is 9.47 Å². The van der Waals surface area contributed by atoms with Crippen LogP contribution in [0.15, 0.2) is 48.5 Å². The van der Waals surface area contributed by atoms with Gasteiger partial charge in [0.1, 0.15) is 0 Å². The van der Waals surface area contributed by atoms with Crippen molar-refractivity contribution in [2.45, 2.75) is 44.2 Å². The van der Waals surface area contributed by atoms with E-state index >= 15 is 0 Å². The van der Waals surface area contributed by atoms with Crippen molar-refractivity contribution in [2.75, 3.05) is 25.1 Å². The highest BCUT2D eigenvalue weighted by Crippen LogP contribution is 2.35. The van der Waals surface area contributed by atoms with Crippen molar-refractivity contribution >= 4 is 11.6 Å². The second kappa shape index (κ2) is 8.55. The number of hydrogen-bond acceptors (Lipinski definition) is 4. The number of carbonyl (C=O) groups is 1. The number of piperazine rings is 1. The number of benzene rings is 2. The average molecular weight is 380 g/mol. The maximum Gasteiger partial charge on any atom is 0.239 e. The van der Waals surface area contributed by atoms with E-state index in [-0.39, 0.29) is 18.1 Å². The van der Waals surface area contributed by atoms with Crippen molar-refractivity contribution in [1.29, 1.82) is 0 Å². The van der Waals surface area contributed by atoms with Crippen molar-refractivity contribution in [1.82, 2.24) is 5.32 Å². The molecule has 5 nitrogen and oxygen atoms in total. The predicted molar refractivity (Wildman–Crippen MR) is 110 cm³/mol. The zero-order valence-electron chi connectivity index (χ0n) is 16.4. The van der Waals surface area contributed by atoms with E-state index in [2.05, 4.69) is 22.3 Å². The van der Waals surface area contributed by atoms with Crippen molar-refractivity contribution in [2.24, 2.45) is 0 Å². The highest BCUT2D eigenvalue weighted by molar-refractivity contribution is 5.83. The summed E-state index contributed by atoms with van der Waals surface area (Å²) in [5, 5.41) is 3.12. The zero-order chi connectivity index (χ0) is 19.3. The molecule has 2 fully saturated rings. The van der Waals surface area contributed by atoms with Crippen LogP contribution in [0.1, 0.15) is 31.2 Å². The predicted octanol–water partition coefficient (Wildman–Crippen LogP) is 3.56. The molecule has 1 aliphatic heterocycles. The number of carbonyl (C=O) groups excluding carboxylic acids is 1. The topological polar surface area (TPSA) is 50.8 Å². The Morgan fingerprint density at radius 1 is 1.07 bits per heavy atom. The van der Waals surface area contributed by atoms with E-state index in [0.717, 1.165) is 43.0 Å². The highest BCUT2D eigenvalue weighted by atomic mass is 16.5. The Morgan fingerprint density at radius 3 is 2.61 bits per heavy atom. The van der Waals surface area contributed by atoms with E-state index < -0.39 is 0 Å². The zero-order valence-corrected chi connectivity index (χ0v) is 16.4. The van der Waals surface area contributed by atoms with Crippen LogP contribution in [0.25, 0.3) is 0 Å². The number of rotatable bonds is 6. The van der Waals surface area contributed by atoms with Gasteiger partial charge in [-0.15, -0.1) is 0 Å². The lowest BCUT2D eigenvalue weighted by Crippen LogP contribution is -2.55. The fourth-order valence-electron chi connectivity index (χ4n) is 4.17. The van der Waals surface area contributed by atoms with Gasteiger partial charge in [0.25, 0.3) is 0 Å². The molecule has 1 heterocycles. The number of methoxy groups -OCH3 is 1. The molecular weight excluding hydrogens is 352 g/mol. The summed E-state index contributed by atoms with van der Waals surface area (Å²) in [6.07, 6.45) is 5.72. The first-order valence-electron chi connectivity index (χ1n) is 10.1. The van der Waals surface area contributed by atoms with Gasteiger partial charge in [0.15, 0.2) is 11.5 Å². The molecule has 1 saturated carbocycles. The minimum absolute atomic E-state index is 0.0567. The van der Waals surface area contributed by atoms with Crippen molar-refractivity contribution in [3.63, 3.8) is 0 Å². The summed E-state index contributed by atoms with van der Waals surface area (Å²) in [6, 6.07) is 16.4. The van der Waals surface area contributed by atoms with Crippen LogP contribution in [0.5, 0.6) is 11.5 Å². The van der Waals surface area contributed by atoms with Gasteiger partial charge in [0, 0.05) is 18.3 Å². The molecule has 4 rings (SSSR count). The minimum Gasteiger partial charge on any atom is -0.493 e. The molecule has 1 N–H and O–H groups in total. The van der Waals surface area contributed by atoms with E-state index in [1.807, 2.05) is 36.4 Å². The normalized spacial score (nSPS) is 20.1. The first-order valence-corrected chi connectivity index (χ1v) is 10.1.